The molecule has 2 rings (SSSR count). The minimum absolute atomic E-state index is 0.801. The molecular weight excluding hydrogens is 144 g/mol. The van der Waals surface area contributed by atoms with Gasteiger partial charge in [-0.25, -0.2) is 0 Å². The lowest BCUT2D eigenvalue weighted by atomic mass is 9.81. The van der Waals surface area contributed by atoms with Crippen molar-refractivity contribution in [3.63, 3.8) is 0 Å². The summed E-state index contributed by atoms with van der Waals surface area (Å²) in [5.74, 6) is 2.81. The van der Waals surface area contributed by atoms with Gasteiger partial charge in [0.05, 0.1) is 0 Å². The fourth-order valence-corrected chi connectivity index (χ4v) is 2.78. The molecule has 68 valence electrons. The molecule has 0 saturated heterocycles. The molecule has 2 unspecified atom stereocenters. The molecule has 1 fully saturated rings. The Balaban J connectivity index is 2.04. The van der Waals surface area contributed by atoms with Crippen molar-refractivity contribution in [1.29, 1.82) is 0 Å². The SMILES string of the molecule is CC(C)C1=CC2CCCCC2C1. The summed E-state index contributed by atoms with van der Waals surface area (Å²) in [7, 11) is 0. The summed E-state index contributed by atoms with van der Waals surface area (Å²) in [5, 5.41) is 0. The first-order valence-electron chi connectivity index (χ1n) is 5.48. The van der Waals surface area contributed by atoms with Gasteiger partial charge in [-0.3, -0.25) is 0 Å². The highest BCUT2D eigenvalue weighted by Gasteiger charge is 2.30. The zero-order valence-electron chi connectivity index (χ0n) is 8.34. The van der Waals surface area contributed by atoms with Gasteiger partial charge in [0.15, 0.2) is 0 Å². The normalized spacial score (nSPS) is 35.1. The number of hydrogen-bond acceptors (Lipinski definition) is 0. The zero-order valence-corrected chi connectivity index (χ0v) is 8.34. The molecule has 0 bridgehead atoms. The van der Waals surface area contributed by atoms with Gasteiger partial charge in [-0.1, -0.05) is 38.3 Å². The zero-order chi connectivity index (χ0) is 8.55. The number of hydrogen-bond donors (Lipinski definition) is 0. The molecule has 0 heterocycles. The molecule has 0 aromatic carbocycles. The largest absolute Gasteiger partial charge is 0.0817 e. The summed E-state index contributed by atoms with van der Waals surface area (Å²) in [6.07, 6.45) is 9.94. The van der Waals surface area contributed by atoms with E-state index in [0.29, 0.717) is 0 Å². The van der Waals surface area contributed by atoms with Crippen LogP contribution in [-0.4, -0.2) is 0 Å². The molecular formula is C12H20. The maximum Gasteiger partial charge on any atom is -0.0199 e. The van der Waals surface area contributed by atoms with Gasteiger partial charge in [-0.05, 0) is 37.0 Å². The van der Waals surface area contributed by atoms with Crippen LogP contribution >= 0.6 is 0 Å². The van der Waals surface area contributed by atoms with Crippen molar-refractivity contribution in [1.82, 2.24) is 0 Å². The fourth-order valence-electron chi connectivity index (χ4n) is 2.78. The van der Waals surface area contributed by atoms with Gasteiger partial charge < -0.3 is 0 Å². The third-order valence-electron chi connectivity index (χ3n) is 3.64. The second kappa shape index (κ2) is 3.24. The quantitative estimate of drug-likeness (QED) is 0.517. The van der Waals surface area contributed by atoms with E-state index >= 15 is 0 Å². The van der Waals surface area contributed by atoms with Crippen LogP contribution in [0.25, 0.3) is 0 Å². The molecule has 0 aromatic heterocycles. The lowest BCUT2D eigenvalue weighted by Crippen LogP contribution is -2.12. The Hall–Kier alpha value is -0.260. The van der Waals surface area contributed by atoms with Crippen molar-refractivity contribution < 1.29 is 0 Å². The molecule has 2 aliphatic rings. The predicted octanol–water partition coefficient (Wildman–Crippen LogP) is 3.78. The Morgan fingerprint density at radius 3 is 2.67 bits per heavy atom. The van der Waals surface area contributed by atoms with Gasteiger partial charge in [0.2, 0.25) is 0 Å². The van der Waals surface area contributed by atoms with Gasteiger partial charge in [0, 0.05) is 0 Å². The van der Waals surface area contributed by atoms with E-state index in [4.69, 9.17) is 0 Å². The van der Waals surface area contributed by atoms with E-state index in [-0.39, 0.29) is 0 Å². The minimum Gasteiger partial charge on any atom is -0.0817 e. The molecule has 1 saturated carbocycles. The molecule has 0 N–H and O–H groups in total. The van der Waals surface area contributed by atoms with Gasteiger partial charge in [0.1, 0.15) is 0 Å². The van der Waals surface area contributed by atoms with Crippen LogP contribution in [0.2, 0.25) is 0 Å². The highest BCUT2D eigenvalue weighted by atomic mass is 14.3. The molecule has 0 amide bonds. The van der Waals surface area contributed by atoms with E-state index < -0.39 is 0 Å². The smallest absolute Gasteiger partial charge is 0.0199 e. The Labute approximate surface area is 76.1 Å². The van der Waals surface area contributed by atoms with E-state index in [2.05, 4.69) is 19.9 Å². The molecule has 2 atom stereocenters. The van der Waals surface area contributed by atoms with Crippen LogP contribution in [0.1, 0.15) is 46.0 Å². The second-order valence-electron chi connectivity index (χ2n) is 4.81. The summed E-state index contributed by atoms with van der Waals surface area (Å²) >= 11 is 0. The van der Waals surface area contributed by atoms with E-state index in [0.717, 1.165) is 17.8 Å². The summed E-state index contributed by atoms with van der Waals surface area (Å²) in [6.45, 7) is 4.67. The van der Waals surface area contributed by atoms with Crippen LogP contribution < -0.4 is 0 Å². The monoisotopic (exact) mass is 164 g/mol. The van der Waals surface area contributed by atoms with Crippen molar-refractivity contribution in [2.45, 2.75) is 46.0 Å². The van der Waals surface area contributed by atoms with Crippen LogP contribution in [0.3, 0.4) is 0 Å². The molecule has 0 aliphatic heterocycles. The van der Waals surface area contributed by atoms with Crippen molar-refractivity contribution in [2.24, 2.45) is 17.8 Å². The minimum atomic E-state index is 0.801. The molecule has 0 radical (unpaired) electrons. The fraction of sp³-hybridized carbons (Fsp3) is 0.833. The molecule has 0 aromatic rings. The van der Waals surface area contributed by atoms with Crippen LogP contribution in [0.4, 0.5) is 0 Å². The van der Waals surface area contributed by atoms with E-state index in [1.165, 1.54) is 32.1 Å². The third-order valence-corrected chi connectivity index (χ3v) is 3.64. The van der Waals surface area contributed by atoms with Crippen molar-refractivity contribution >= 4 is 0 Å². The van der Waals surface area contributed by atoms with Crippen LogP contribution in [-0.2, 0) is 0 Å². The first kappa shape index (κ1) is 8.34. The standard InChI is InChI=1S/C12H20/c1-9(2)12-7-10-5-3-4-6-11(10)8-12/h7,9-11H,3-6,8H2,1-2H3. The summed E-state index contributed by atoms with van der Waals surface area (Å²) in [4.78, 5) is 0. The summed E-state index contributed by atoms with van der Waals surface area (Å²) < 4.78 is 0. The molecule has 0 nitrogen and oxygen atoms in total. The van der Waals surface area contributed by atoms with Gasteiger partial charge >= 0.3 is 0 Å². The molecule has 0 spiro atoms. The highest BCUT2D eigenvalue weighted by molar-refractivity contribution is 5.16. The molecule has 2 aliphatic carbocycles. The van der Waals surface area contributed by atoms with Crippen molar-refractivity contribution in [3.8, 4) is 0 Å². The lowest BCUT2D eigenvalue weighted by molar-refractivity contribution is 0.301. The third kappa shape index (κ3) is 1.44. The summed E-state index contributed by atoms with van der Waals surface area (Å²) in [6, 6.07) is 0. The maximum atomic E-state index is 2.59. The molecule has 12 heavy (non-hydrogen) atoms. The first-order valence-corrected chi connectivity index (χ1v) is 5.48. The van der Waals surface area contributed by atoms with Crippen molar-refractivity contribution in [2.75, 3.05) is 0 Å². The van der Waals surface area contributed by atoms with Gasteiger partial charge in [-0.15, -0.1) is 0 Å². The maximum absolute atomic E-state index is 2.59. The predicted molar refractivity (Wildman–Crippen MR) is 53.0 cm³/mol. The van der Waals surface area contributed by atoms with E-state index in [1.54, 1.807) is 5.57 Å². The average molecular weight is 164 g/mol. The van der Waals surface area contributed by atoms with Gasteiger partial charge in [0.25, 0.3) is 0 Å². The second-order valence-corrected chi connectivity index (χ2v) is 4.81. The highest BCUT2D eigenvalue weighted by Crippen LogP contribution is 2.42. The Morgan fingerprint density at radius 2 is 2.00 bits per heavy atom. The average Bonchev–Trinajstić information content (AvgIpc) is 2.46. The number of rotatable bonds is 1. The lowest BCUT2D eigenvalue weighted by Gasteiger charge is -2.24. The number of fused-ring (bicyclic) bond motifs is 1. The molecule has 0 heteroatoms. The van der Waals surface area contributed by atoms with E-state index in [9.17, 15) is 0 Å². The van der Waals surface area contributed by atoms with Crippen molar-refractivity contribution in [3.05, 3.63) is 11.6 Å². The van der Waals surface area contributed by atoms with Crippen LogP contribution in [0.5, 0.6) is 0 Å². The van der Waals surface area contributed by atoms with Crippen LogP contribution in [0.15, 0.2) is 11.6 Å². The van der Waals surface area contributed by atoms with E-state index in [1.807, 2.05) is 0 Å². The van der Waals surface area contributed by atoms with Gasteiger partial charge in [-0.2, -0.15) is 0 Å². The Kier molecular flexibility index (Phi) is 2.25. The Bertz CT molecular complexity index is 188. The summed E-state index contributed by atoms with van der Waals surface area (Å²) in [5.41, 5.74) is 1.74. The Morgan fingerprint density at radius 1 is 1.25 bits per heavy atom. The first-order chi connectivity index (χ1) is 5.77. The number of allylic oxidation sites excluding steroid dienone is 2. The van der Waals surface area contributed by atoms with Crippen LogP contribution in [0, 0.1) is 17.8 Å². The topological polar surface area (TPSA) is 0 Å².